The molecule has 0 bridgehead atoms. The molecule has 0 aliphatic carbocycles. The van der Waals surface area contributed by atoms with E-state index in [-0.39, 0.29) is 5.41 Å². The summed E-state index contributed by atoms with van der Waals surface area (Å²) in [7, 11) is 5.74. The third kappa shape index (κ3) is 4.22. The van der Waals surface area contributed by atoms with E-state index in [4.69, 9.17) is 4.74 Å². The highest BCUT2D eigenvalue weighted by Gasteiger charge is 2.20. The second-order valence-electron chi connectivity index (χ2n) is 5.94. The minimum absolute atomic E-state index is 0.0860. The fraction of sp³-hybridized carbons (Fsp3) is 0.625. The number of methoxy groups -OCH3 is 1. The van der Waals surface area contributed by atoms with Crippen LogP contribution in [0.1, 0.15) is 44.4 Å². The maximum Gasteiger partial charge on any atom is 0.122 e. The van der Waals surface area contributed by atoms with Crippen molar-refractivity contribution < 1.29 is 4.74 Å². The summed E-state index contributed by atoms with van der Waals surface area (Å²) < 4.78 is 5.49. The van der Waals surface area contributed by atoms with Gasteiger partial charge in [-0.15, -0.1) is 0 Å². The lowest BCUT2D eigenvalue weighted by Crippen LogP contribution is -2.22. The highest BCUT2D eigenvalue weighted by Crippen LogP contribution is 2.33. The van der Waals surface area contributed by atoms with Gasteiger partial charge in [-0.3, -0.25) is 0 Å². The molecule has 1 rings (SSSR count). The SMILES string of the molecule is CNCCC(NC)c1ccc(OC)c(C(C)(C)C)c1. The van der Waals surface area contributed by atoms with E-state index in [9.17, 15) is 0 Å². The predicted octanol–water partition coefficient (Wildman–Crippen LogP) is 2.86. The van der Waals surface area contributed by atoms with Crippen molar-refractivity contribution in [3.63, 3.8) is 0 Å². The molecule has 0 aromatic heterocycles. The van der Waals surface area contributed by atoms with Crippen LogP contribution < -0.4 is 15.4 Å². The van der Waals surface area contributed by atoms with Gasteiger partial charge in [-0.2, -0.15) is 0 Å². The molecule has 0 spiro atoms. The summed E-state index contributed by atoms with van der Waals surface area (Å²) in [5, 5.41) is 6.59. The van der Waals surface area contributed by atoms with Crippen LogP contribution in [0.2, 0.25) is 0 Å². The normalized spacial score (nSPS) is 13.4. The maximum atomic E-state index is 5.49. The van der Waals surface area contributed by atoms with Gasteiger partial charge >= 0.3 is 0 Å². The first-order valence-corrected chi connectivity index (χ1v) is 6.94. The molecule has 0 saturated carbocycles. The Labute approximate surface area is 117 Å². The molecule has 1 aromatic rings. The van der Waals surface area contributed by atoms with E-state index in [1.54, 1.807) is 7.11 Å². The first-order valence-electron chi connectivity index (χ1n) is 6.94. The van der Waals surface area contributed by atoms with Crippen molar-refractivity contribution >= 4 is 0 Å². The lowest BCUT2D eigenvalue weighted by Gasteiger charge is -2.25. The van der Waals surface area contributed by atoms with Gasteiger partial charge in [0.2, 0.25) is 0 Å². The van der Waals surface area contributed by atoms with Crippen LogP contribution in [-0.2, 0) is 5.41 Å². The summed E-state index contributed by atoms with van der Waals surface area (Å²) in [5.74, 6) is 0.972. The third-order valence-corrected chi connectivity index (χ3v) is 3.47. The van der Waals surface area contributed by atoms with Gasteiger partial charge in [0.15, 0.2) is 0 Å². The summed E-state index contributed by atoms with van der Waals surface area (Å²) in [6.45, 7) is 7.66. The molecule has 1 atom stereocenters. The number of benzene rings is 1. The smallest absolute Gasteiger partial charge is 0.122 e. The first-order chi connectivity index (χ1) is 8.93. The third-order valence-electron chi connectivity index (χ3n) is 3.47. The fourth-order valence-electron chi connectivity index (χ4n) is 2.29. The van der Waals surface area contributed by atoms with Crippen molar-refractivity contribution in [1.29, 1.82) is 0 Å². The van der Waals surface area contributed by atoms with Crippen LogP contribution in [0.4, 0.5) is 0 Å². The minimum Gasteiger partial charge on any atom is -0.496 e. The molecule has 3 nitrogen and oxygen atoms in total. The van der Waals surface area contributed by atoms with E-state index >= 15 is 0 Å². The second-order valence-corrected chi connectivity index (χ2v) is 5.94. The van der Waals surface area contributed by atoms with Crippen molar-refractivity contribution in [2.75, 3.05) is 27.7 Å². The number of hydrogen-bond donors (Lipinski definition) is 2. The fourth-order valence-corrected chi connectivity index (χ4v) is 2.29. The standard InChI is InChI=1S/C16H28N2O/c1-16(2,3)13-11-12(7-8-15(13)19-6)14(18-5)9-10-17-4/h7-8,11,14,17-18H,9-10H2,1-6H3. The van der Waals surface area contributed by atoms with Gasteiger partial charge in [-0.05, 0) is 49.7 Å². The highest BCUT2D eigenvalue weighted by atomic mass is 16.5. The van der Waals surface area contributed by atoms with Crippen LogP contribution in [-0.4, -0.2) is 27.7 Å². The van der Waals surface area contributed by atoms with Gasteiger partial charge in [-0.25, -0.2) is 0 Å². The monoisotopic (exact) mass is 264 g/mol. The number of nitrogens with one attached hydrogen (secondary N) is 2. The van der Waals surface area contributed by atoms with Gasteiger partial charge in [0.25, 0.3) is 0 Å². The van der Waals surface area contributed by atoms with Crippen LogP contribution in [0.3, 0.4) is 0 Å². The van der Waals surface area contributed by atoms with E-state index in [1.165, 1.54) is 11.1 Å². The Morgan fingerprint density at radius 3 is 2.37 bits per heavy atom. The molecule has 0 fully saturated rings. The minimum atomic E-state index is 0.0860. The van der Waals surface area contributed by atoms with Crippen LogP contribution in [0.25, 0.3) is 0 Å². The van der Waals surface area contributed by atoms with Crippen LogP contribution >= 0.6 is 0 Å². The van der Waals surface area contributed by atoms with E-state index in [0.29, 0.717) is 6.04 Å². The van der Waals surface area contributed by atoms with E-state index in [0.717, 1.165) is 18.7 Å². The lowest BCUT2D eigenvalue weighted by molar-refractivity contribution is 0.396. The Morgan fingerprint density at radius 1 is 1.21 bits per heavy atom. The van der Waals surface area contributed by atoms with Gasteiger partial charge in [0.1, 0.15) is 5.75 Å². The van der Waals surface area contributed by atoms with Gasteiger partial charge in [-0.1, -0.05) is 32.9 Å². The lowest BCUT2D eigenvalue weighted by atomic mass is 9.84. The maximum absolute atomic E-state index is 5.49. The largest absolute Gasteiger partial charge is 0.496 e. The Morgan fingerprint density at radius 2 is 1.89 bits per heavy atom. The number of hydrogen-bond acceptors (Lipinski definition) is 3. The molecule has 3 heteroatoms. The van der Waals surface area contributed by atoms with Crippen LogP contribution in [0.5, 0.6) is 5.75 Å². The zero-order chi connectivity index (χ0) is 14.5. The Balaban J connectivity index is 3.09. The summed E-state index contributed by atoms with van der Waals surface area (Å²) in [6, 6.07) is 6.89. The molecule has 1 aromatic carbocycles. The topological polar surface area (TPSA) is 33.3 Å². The van der Waals surface area contributed by atoms with Crippen molar-refractivity contribution in [1.82, 2.24) is 10.6 Å². The number of ether oxygens (including phenoxy) is 1. The molecule has 0 amide bonds. The molecule has 1 unspecified atom stereocenters. The summed E-state index contributed by atoms with van der Waals surface area (Å²) >= 11 is 0. The van der Waals surface area contributed by atoms with Crippen LogP contribution in [0, 0.1) is 0 Å². The van der Waals surface area contributed by atoms with Crippen molar-refractivity contribution in [2.24, 2.45) is 0 Å². The molecule has 0 aliphatic rings. The molecular weight excluding hydrogens is 236 g/mol. The molecule has 0 saturated heterocycles. The molecule has 0 aliphatic heterocycles. The van der Waals surface area contributed by atoms with Crippen molar-refractivity contribution in [3.8, 4) is 5.75 Å². The van der Waals surface area contributed by atoms with Crippen molar-refractivity contribution in [3.05, 3.63) is 29.3 Å². The number of rotatable bonds is 6. The van der Waals surface area contributed by atoms with E-state index in [2.05, 4.69) is 49.6 Å². The Kier molecular flexibility index (Phi) is 5.83. The first kappa shape index (κ1) is 16.0. The molecule has 19 heavy (non-hydrogen) atoms. The van der Waals surface area contributed by atoms with Gasteiger partial charge in [0.05, 0.1) is 7.11 Å². The molecule has 0 radical (unpaired) electrons. The molecule has 0 heterocycles. The average Bonchev–Trinajstić information content (AvgIpc) is 2.38. The quantitative estimate of drug-likeness (QED) is 0.829. The van der Waals surface area contributed by atoms with Gasteiger partial charge < -0.3 is 15.4 Å². The molecule has 2 N–H and O–H groups in total. The van der Waals surface area contributed by atoms with Crippen LogP contribution in [0.15, 0.2) is 18.2 Å². The van der Waals surface area contributed by atoms with Gasteiger partial charge in [0, 0.05) is 6.04 Å². The summed E-state index contributed by atoms with van der Waals surface area (Å²) in [5.41, 5.74) is 2.67. The summed E-state index contributed by atoms with van der Waals surface area (Å²) in [4.78, 5) is 0. The average molecular weight is 264 g/mol. The Bertz CT molecular complexity index is 396. The highest BCUT2D eigenvalue weighted by molar-refractivity contribution is 5.42. The van der Waals surface area contributed by atoms with E-state index < -0.39 is 0 Å². The van der Waals surface area contributed by atoms with E-state index in [1.807, 2.05) is 14.1 Å². The van der Waals surface area contributed by atoms with Crippen molar-refractivity contribution in [2.45, 2.75) is 38.6 Å². The molecule has 108 valence electrons. The second kappa shape index (κ2) is 6.92. The summed E-state index contributed by atoms with van der Waals surface area (Å²) in [6.07, 6.45) is 1.07. The Hall–Kier alpha value is -1.06. The molecular formula is C16H28N2O. The predicted molar refractivity (Wildman–Crippen MR) is 82.0 cm³/mol. The zero-order valence-corrected chi connectivity index (χ0v) is 13.1. The zero-order valence-electron chi connectivity index (χ0n) is 13.1.